The maximum absolute atomic E-state index is 12.1. The van der Waals surface area contributed by atoms with Crippen LogP contribution in [0.4, 0.5) is 11.5 Å². The van der Waals surface area contributed by atoms with Crippen LogP contribution in [0.2, 0.25) is 5.02 Å². The number of fused-ring (bicyclic) bond motifs is 1. The molecule has 8 heteroatoms. The average molecular weight is 331 g/mol. The fourth-order valence-electron chi connectivity index (χ4n) is 2.16. The first kappa shape index (κ1) is 15.2. The summed E-state index contributed by atoms with van der Waals surface area (Å²) in [6, 6.07) is 7.19. The SMILES string of the molecule is Cc1cc(NCC(=O)Nc2cccc(Cl)c2C)n2ncnc2n1. The fourth-order valence-corrected chi connectivity index (χ4v) is 2.34. The van der Waals surface area contributed by atoms with E-state index in [1.165, 1.54) is 6.33 Å². The molecule has 0 aliphatic rings. The summed E-state index contributed by atoms with van der Waals surface area (Å²) < 4.78 is 1.55. The molecule has 2 heterocycles. The van der Waals surface area contributed by atoms with Gasteiger partial charge in [-0.2, -0.15) is 14.6 Å². The first-order valence-electron chi connectivity index (χ1n) is 7.01. The minimum atomic E-state index is -0.182. The van der Waals surface area contributed by atoms with E-state index in [1.54, 1.807) is 22.7 Å². The van der Waals surface area contributed by atoms with Gasteiger partial charge in [-0.25, -0.2) is 4.98 Å². The van der Waals surface area contributed by atoms with Gasteiger partial charge in [0.05, 0.1) is 6.54 Å². The van der Waals surface area contributed by atoms with Gasteiger partial charge < -0.3 is 10.6 Å². The molecule has 0 radical (unpaired) electrons. The third-order valence-corrected chi connectivity index (χ3v) is 3.76. The fraction of sp³-hybridized carbons (Fsp3) is 0.200. The number of rotatable bonds is 4. The van der Waals surface area contributed by atoms with Gasteiger partial charge in [0.1, 0.15) is 12.1 Å². The van der Waals surface area contributed by atoms with E-state index in [9.17, 15) is 4.79 Å². The lowest BCUT2D eigenvalue weighted by molar-refractivity contribution is -0.114. The van der Waals surface area contributed by atoms with E-state index in [0.717, 1.165) is 11.3 Å². The van der Waals surface area contributed by atoms with Gasteiger partial charge in [0.2, 0.25) is 5.91 Å². The molecule has 23 heavy (non-hydrogen) atoms. The van der Waals surface area contributed by atoms with Gasteiger partial charge >= 0.3 is 0 Å². The van der Waals surface area contributed by atoms with E-state index in [1.807, 2.05) is 19.9 Å². The topological polar surface area (TPSA) is 84.2 Å². The summed E-state index contributed by atoms with van der Waals surface area (Å²) >= 11 is 6.05. The summed E-state index contributed by atoms with van der Waals surface area (Å²) in [6.07, 6.45) is 1.42. The van der Waals surface area contributed by atoms with Gasteiger partial charge in [-0.05, 0) is 31.5 Å². The van der Waals surface area contributed by atoms with E-state index >= 15 is 0 Å². The number of carbonyl (C=O) groups excluding carboxylic acids is 1. The van der Waals surface area contributed by atoms with Crippen LogP contribution in [0.3, 0.4) is 0 Å². The largest absolute Gasteiger partial charge is 0.361 e. The van der Waals surface area contributed by atoms with E-state index in [2.05, 4.69) is 25.7 Å². The van der Waals surface area contributed by atoms with Crippen molar-refractivity contribution in [1.29, 1.82) is 0 Å². The molecular formula is C15H15ClN6O. The summed E-state index contributed by atoms with van der Waals surface area (Å²) in [5.41, 5.74) is 2.32. The molecule has 0 atom stereocenters. The molecule has 0 saturated carbocycles. The van der Waals surface area contributed by atoms with Crippen LogP contribution in [0.1, 0.15) is 11.3 Å². The highest BCUT2D eigenvalue weighted by atomic mass is 35.5. The molecule has 1 aromatic carbocycles. The average Bonchev–Trinajstić information content (AvgIpc) is 2.97. The van der Waals surface area contributed by atoms with Crippen LogP contribution < -0.4 is 10.6 Å². The maximum Gasteiger partial charge on any atom is 0.254 e. The summed E-state index contributed by atoms with van der Waals surface area (Å²) in [5, 5.41) is 10.6. The van der Waals surface area contributed by atoms with Crippen molar-refractivity contribution in [1.82, 2.24) is 19.6 Å². The predicted molar refractivity (Wildman–Crippen MR) is 88.8 cm³/mol. The molecule has 0 aliphatic heterocycles. The normalized spacial score (nSPS) is 10.7. The van der Waals surface area contributed by atoms with Gasteiger partial charge in [0, 0.05) is 22.5 Å². The molecule has 0 fully saturated rings. The predicted octanol–water partition coefficient (Wildman–Crippen LogP) is 2.45. The molecule has 2 aromatic heterocycles. The summed E-state index contributed by atoms with van der Waals surface area (Å²) in [4.78, 5) is 20.4. The number of hydrogen-bond acceptors (Lipinski definition) is 5. The number of nitrogens with zero attached hydrogens (tertiary/aromatic N) is 4. The highest BCUT2D eigenvalue weighted by molar-refractivity contribution is 6.31. The Balaban J connectivity index is 1.71. The second-order valence-corrected chi connectivity index (χ2v) is 5.48. The van der Waals surface area contributed by atoms with Crippen LogP contribution in [0.15, 0.2) is 30.6 Å². The third-order valence-electron chi connectivity index (χ3n) is 3.35. The summed E-state index contributed by atoms with van der Waals surface area (Å²) in [7, 11) is 0. The van der Waals surface area contributed by atoms with Gasteiger partial charge in [-0.3, -0.25) is 4.79 Å². The number of carbonyl (C=O) groups is 1. The van der Waals surface area contributed by atoms with Gasteiger partial charge in [0.15, 0.2) is 0 Å². The minimum Gasteiger partial charge on any atom is -0.361 e. The van der Waals surface area contributed by atoms with Crippen molar-refractivity contribution in [2.24, 2.45) is 0 Å². The van der Waals surface area contributed by atoms with Crippen molar-refractivity contribution in [3.63, 3.8) is 0 Å². The van der Waals surface area contributed by atoms with Crippen molar-refractivity contribution >= 4 is 34.8 Å². The lowest BCUT2D eigenvalue weighted by Crippen LogP contribution is -2.23. The van der Waals surface area contributed by atoms with Gasteiger partial charge in [-0.1, -0.05) is 17.7 Å². The molecule has 118 valence electrons. The van der Waals surface area contributed by atoms with E-state index < -0.39 is 0 Å². The molecule has 0 saturated heterocycles. The third kappa shape index (κ3) is 3.24. The number of benzene rings is 1. The zero-order valence-corrected chi connectivity index (χ0v) is 13.4. The smallest absolute Gasteiger partial charge is 0.254 e. The Labute approximate surface area is 137 Å². The van der Waals surface area contributed by atoms with Crippen LogP contribution in [-0.2, 0) is 4.79 Å². The molecular weight excluding hydrogens is 316 g/mol. The summed E-state index contributed by atoms with van der Waals surface area (Å²) in [5.74, 6) is 0.958. The Morgan fingerprint density at radius 1 is 1.35 bits per heavy atom. The van der Waals surface area contributed by atoms with E-state index in [0.29, 0.717) is 22.3 Å². The first-order chi connectivity index (χ1) is 11.0. The molecule has 2 N–H and O–H groups in total. The van der Waals surface area contributed by atoms with Gasteiger partial charge in [-0.15, -0.1) is 0 Å². The lowest BCUT2D eigenvalue weighted by Gasteiger charge is -2.11. The molecule has 3 aromatic rings. The number of aromatic nitrogens is 4. The van der Waals surface area contributed by atoms with Crippen molar-refractivity contribution in [3.8, 4) is 0 Å². The van der Waals surface area contributed by atoms with Crippen LogP contribution in [-0.4, -0.2) is 32.0 Å². The van der Waals surface area contributed by atoms with Crippen molar-refractivity contribution in [3.05, 3.63) is 46.9 Å². The molecule has 7 nitrogen and oxygen atoms in total. The van der Waals surface area contributed by atoms with Crippen molar-refractivity contribution in [2.75, 3.05) is 17.2 Å². The van der Waals surface area contributed by atoms with Crippen LogP contribution in [0, 0.1) is 13.8 Å². The number of amides is 1. The monoisotopic (exact) mass is 330 g/mol. The second kappa shape index (κ2) is 6.21. The lowest BCUT2D eigenvalue weighted by atomic mass is 10.2. The Kier molecular flexibility index (Phi) is 4.12. The number of halogens is 1. The number of aryl methyl sites for hydroxylation is 1. The molecule has 0 spiro atoms. The van der Waals surface area contributed by atoms with Crippen LogP contribution in [0.5, 0.6) is 0 Å². The molecule has 0 bridgehead atoms. The van der Waals surface area contributed by atoms with E-state index in [-0.39, 0.29) is 12.5 Å². The second-order valence-electron chi connectivity index (χ2n) is 5.07. The standard InChI is InChI=1S/C15H15ClN6O/c1-9-6-13(22-15(20-9)18-8-19-22)17-7-14(23)21-12-5-3-4-11(16)10(12)2/h3-6,8,17H,7H2,1-2H3,(H,21,23). The van der Waals surface area contributed by atoms with Crippen LogP contribution >= 0.6 is 11.6 Å². The number of nitrogens with one attached hydrogen (secondary N) is 2. The number of hydrogen-bond donors (Lipinski definition) is 2. The highest BCUT2D eigenvalue weighted by Gasteiger charge is 2.09. The Hall–Kier alpha value is -2.67. The van der Waals surface area contributed by atoms with Crippen molar-refractivity contribution < 1.29 is 4.79 Å². The minimum absolute atomic E-state index is 0.0877. The summed E-state index contributed by atoms with van der Waals surface area (Å²) in [6.45, 7) is 3.80. The Bertz CT molecular complexity index is 876. The Morgan fingerprint density at radius 2 is 2.17 bits per heavy atom. The zero-order valence-electron chi connectivity index (χ0n) is 12.7. The Morgan fingerprint density at radius 3 is 3.00 bits per heavy atom. The first-order valence-corrected chi connectivity index (χ1v) is 7.38. The van der Waals surface area contributed by atoms with E-state index in [4.69, 9.17) is 11.6 Å². The van der Waals surface area contributed by atoms with Gasteiger partial charge in [0.25, 0.3) is 5.78 Å². The quantitative estimate of drug-likeness (QED) is 0.767. The van der Waals surface area contributed by atoms with Crippen LogP contribution in [0.25, 0.3) is 5.78 Å². The molecule has 1 amide bonds. The maximum atomic E-state index is 12.1. The molecule has 3 rings (SSSR count). The number of anilines is 2. The zero-order chi connectivity index (χ0) is 16.4. The van der Waals surface area contributed by atoms with Crippen molar-refractivity contribution in [2.45, 2.75) is 13.8 Å². The molecule has 0 aliphatic carbocycles. The molecule has 0 unspecified atom stereocenters. The highest BCUT2D eigenvalue weighted by Crippen LogP contribution is 2.22.